The molecule has 174 valence electrons. The van der Waals surface area contributed by atoms with Crippen LogP contribution in [0.2, 0.25) is 10.0 Å². The number of benzene rings is 3. The summed E-state index contributed by atoms with van der Waals surface area (Å²) in [5.74, 6) is -0.790. The van der Waals surface area contributed by atoms with E-state index < -0.39 is 34.2 Å². The van der Waals surface area contributed by atoms with Crippen LogP contribution in [0.25, 0.3) is 0 Å². The monoisotopic (exact) mass is 516 g/mol. The summed E-state index contributed by atoms with van der Waals surface area (Å²) in [6.07, 6.45) is -4.70. The summed E-state index contributed by atoms with van der Waals surface area (Å²) in [5.41, 5.74) is -0.327. The zero-order valence-corrected chi connectivity index (χ0v) is 19.4. The molecule has 0 aliphatic carbocycles. The molecule has 0 fully saturated rings. The predicted molar refractivity (Wildman–Crippen MR) is 122 cm³/mol. The zero-order chi connectivity index (χ0) is 24.4. The number of amides is 1. The first-order valence-electron chi connectivity index (χ1n) is 9.39. The third-order valence-corrected chi connectivity index (χ3v) is 7.09. The number of carbonyl (C=O) groups excluding carboxylic acids is 1. The maximum absolute atomic E-state index is 13.3. The molecule has 0 aliphatic rings. The molecule has 3 rings (SSSR count). The Morgan fingerprint density at radius 2 is 1.64 bits per heavy atom. The second kappa shape index (κ2) is 9.62. The van der Waals surface area contributed by atoms with Crippen molar-refractivity contribution in [3.8, 4) is 0 Å². The largest absolute Gasteiger partial charge is 0.416 e. The molecule has 3 aromatic rings. The molecular weight excluding hydrogens is 500 g/mol. The second-order valence-corrected chi connectivity index (χ2v) is 9.73. The van der Waals surface area contributed by atoms with Crippen molar-refractivity contribution in [2.75, 3.05) is 16.2 Å². The number of aryl methyl sites for hydroxylation is 1. The van der Waals surface area contributed by atoms with Gasteiger partial charge in [0.1, 0.15) is 6.54 Å². The van der Waals surface area contributed by atoms with Gasteiger partial charge < -0.3 is 5.32 Å². The first-order chi connectivity index (χ1) is 15.4. The predicted octanol–water partition coefficient (Wildman–Crippen LogP) is 6.15. The number of carbonyl (C=O) groups is 1. The SMILES string of the molecule is Cc1ccc(S(=O)(=O)N(CC(=O)Nc2ccc(Cl)c(Cl)c2)c2cccc(C(F)(F)F)c2)cc1. The van der Waals surface area contributed by atoms with Crippen LogP contribution in [0.1, 0.15) is 11.1 Å². The van der Waals surface area contributed by atoms with Crippen molar-refractivity contribution in [2.24, 2.45) is 0 Å². The molecule has 1 N–H and O–H groups in total. The van der Waals surface area contributed by atoms with Crippen LogP contribution in [0.4, 0.5) is 24.5 Å². The van der Waals surface area contributed by atoms with E-state index in [1.165, 1.54) is 36.4 Å². The first-order valence-corrected chi connectivity index (χ1v) is 11.6. The maximum Gasteiger partial charge on any atom is 0.416 e. The summed E-state index contributed by atoms with van der Waals surface area (Å²) in [4.78, 5) is 12.5. The van der Waals surface area contributed by atoms with Crippen LogP contribution in [0.5, 0.6) is 0 Å². The Labute approximate surface area is 198 Å². The highest BCUT2D eigenvalue weighted by Gasteiger charge is 2.33. The Hall–Kier alpha value is -2.75. The standard InChI is InChI=1S/C22H17Cl2F3N2O3S/c1-14-5-8-18(9-6-14)33(31,32)29(17-4-2-3-15(11-17)22(25,26)27)13-21(30)28-16-7-10-19(23)20(24)12-16/h2-12H,13H2,1H3,(H,28,30). The van der Waals surface area contributed by atoms with Crippen molar-refractivity contribution in [3.05, 3.63) is 87.9 Å². The molecule has 33 heavy (non-hydrogen) atoms. The van der Waals surface area contributed by atoms with Crippen LogP contribution in [0.3, 0.4) is 0 Å². The Balaban J connectivity index is 2.00. The topological polar surface area (TPSA) is 66.5 Å². The third kappa shape index (κ3) is 5.98. The Kier molecular flexibility index (Phi) is 7.26. The van der Waals surface area contributed by atoms with Crippen molar-refractivity contribution in [3.63, 3.8) is 0 Å². The van der Waals surface area contributed by atoms with Crippen LogP contribution < -0.4 is 9.62 Å². The molecule has 0 saturated carbocycles. The highest BCUT2D eigenvalue weighted by molar-refractivity contribution is 7.92. The lowest BCUT2D eigenvalue weighted by Crippen LogP contribution is -2.38. The molecule has 5 nitrogen and oxygen atoms in total. The maximum atomic E-state index is 13.3. The quantitative estimate of drug-likeness (QED) is 0.426. The molecule has 3 aromatic carbocycles. The van der Waals surface area contributed by atoms with E-state index in [-0.39, 0.29) is 26.3 Å². The van der Waals surface area contributed by atoms with Crippen LogP contribution in [-0.4, -0.2) is 20.9 Å². The number of anilines is 2. The van der Waals surface area contributed by atoms with Gasteiger partial charge in [0.05, 0.1) is 26.2 Å². The molecule has 0 aliphatic heterocycles. The van der Waals surface area contributed by atoms with Crippen molar-refractivity contribution >= 4 is 50.5 Å². The fourth-order valence-corrected chi connectivity index (χ4v) is 4.61. The molecule has 0 heterocycles. The average molecular weight is 517 g/mol. The van der Waals surface area contributed by atoms with Crippen LogP contribution in [-0.2, 0) is 21.0 Å². The fourth-order valence-electron chi connectivity index (χ4n) is 2.89. The number of rotatable bonds is 6. The fraction of sp³-hybridized carbons (Fsp3) is 0.136. The molecule has 11 heteroatoms. The molecule has 0 saturated heterocycles. The van der Waals surface area contributed by atoms with Crippen molar-refractivity contribution < 1.29 is 26.4 Å². The van der Waals surface area contributed by atoms with E-state index in [9.17, 15) is 26.4 Å². The van der Waals surface area contributed by atoms with Crippen LogP contribution >= 0.6 is 23.2 Å². The van der Waals surface area contributed by atoms with Gasteiger partial charge in [-0.3, -0.25) is 9.10 Å². The van der Waals surface area contributed by atoms with Gasteiger partial charge in [-0.15, -0.1) is 0 Å². The van der Waals surface area contributed by atoms with E-state index in [0.29, 0.717) is 10.4 Å². The van der Waals surface area contributed by atoms with Crippen molar-refractivity contribution in [1.82, 2.24) is 0 Å². The van der Waals surface area contributed by atoms with E-state index in [4.69, 9.17) is 23.2 Å². The van der Waals surface area contributed by atoms with Gasteiger partial charge in [-0.2, -0.15) is 13.2 Å². The number of alkyl halides is 3. The van der Waals surface area contributed by atoms with Crippen LogP contribution in [0, 0.1) is 6.92 Å². The van der Waals surface area contributed by atoms with E-state index in [0.717, 1.165) is 17.7 Å². The summed E-state index contributed by atoms with van der Waals surface area (Å²) in [6, 6.07) is 13.8. The molecule has 1 amide bonds. The lowest BCUT2D eigenvalue weighted by atomic mass is 10.2. The second-order valence-electron chi connectivity index (χ2n) is 7.05. The van der Waals surface area contributed by atoms with Gasteiger partial charge in [0.15, 0.2) is 0 Å². The minimum atomic E-state index is -4.70. The van der Waals surface area contributed by atoms with E-state index in [1.54, 1.807) is 19.1 Å². The first kappa shape index (κ1) is 24.9. The normalized spacial score (nSPS) is 11.8. The van der Waals surface area contributed by atoms with E-state index >= 15 is 0 Å². The molecule has 0 radical (unpaired) electrons. The van der Waals surface area contributed by atoms with Crippen molar-refractivity contribution in [1.29, 1.82) is 0 Å². The number of hydrogen-bond donors (Lipinski definition) is 1. The summed E-state index contributed by atoms with van der Waals surface area (Å²) >= 11 is 11.8. The number of nitrogens with zero attached hydrogens (tertiary/aromatic N) is 1. The summed E-state index contributed by atoms with van der Waals surface area (Å²) in [6.45, 7) is 0.976. The Bertz CT molecular complexity index is 1280. The molecule has 0 unspecified atom stereocenters. The number of sulfonamides is 1. The van der Waals surface area contributed by atoms with Gasteiger partial charge in [0, 0.05) is 5.69 Å². The highest BCUT2D eigenvalue weighted by Crippen LogP contribution is 2.33. The van der Waals surface area contributed by atoms with Crippen molar-refractivity contribution in [2.45, 2.75) is 18.0 Å². The lowest BCUT2D eigenvalue weighted by Gasteiger charge is -2.25. The molecule has 0 bridgehead atoms. The molecule has 0 atom stereocenters. The number of halogens is 5. The summed E-state index contributed by atoms with van der Waals surface area (Å²) < 4.78 is 67.0. The highest BCUT2D eigenvalue weighted by atomic mass is 35.5. The van der Waals surface area contributed by atoms with Crippen LogP contribution in [0.15, 0.2) is 71.6 Å². The molecule has 0 aromatic heterocycles. The number of hydrogen-bond acceptors (Lipinski definition) is 3. The number of nitrogens with one attached hydrogen (secondary N) is 1. The third-order valence-electron chi connectivity index (χ3n) is 4.56. The van der Waals surface area contributed by atoms with Gasteiger partial charge in [-0.05, 0) is 55.5 Å². The minimum Gasteiger partial charge on any atom is -0.324 e. The lowest BCUT2D eigenvalue weighted by molar-refractivity contribution is -0.137. The average Bonchev–Trinajstić information content (AvgIpc) is 2.74. The molecule has 0 spiro atoms. The summed E-state index contributed by atoms with van der Waals surface area (Å²) in [7, 11) is -4.38. The molecular formula is C22H17Cl2F3N2O3S. The zero-order valence-electron chi connectivity index (χ0n) is 17.0. The van der Waals surface area contributed by atoms with E-state index in [1.807, 2.05) is 0 Å². The Morgan fingerprint density at radius 1 is 0.970 bits per heavy atom. The summed E-state index contributed by atoms with van der Waals surface area (Å²) in [5, 5.41) is 2.89. The van der Waals surface area contributed by atoms with Gasteiger partial charge in [-0.1, -0.05) is 47.0 Å². The minimum absolute atomic E-state index is 0.163. The van der Waals surface area contributed by atoms with Gasteiger partial charge >= 0.3 is 6.18 Å². The van der Waals surface area contributed by atoms with Gasteiger partial charge in [-0.25, -0.2) is 8.42 Å². The van der Waals surface area contributed by atoms with E-state index in [2.05, 4.69) is 5.32 Å². The Morgan fingerprint density at radius 3 is 2.24 bits per heavy atom. The van der Waals surface area contributed by atoms with Gasteiger partial charge in [0.2, 0.25) is 5.91 Å². The van der Waals surface area contributed by atoms with Gasteiger partial charge in [0.25, 0.3) is 10.0 Å². The smallest absolute Gasteiger partial charge is 0.324 e.